The molecule has 0 aromatic heterocycles. The Morgan fingerprint density at radius 3 is 2.24 bits per heavy atom. The van der Waals surface area contributed by atoms with Crippen LogP contribution in [0.3, 0.4) is 0 Å². The van der Waals surface area contributed by atoms with Crippen LogP contribution in [0.2, 0.25) is 0 Å². The number of thioether (sulfide) groups is 1. The monoisotopic (exact) mass is 416 g/mol. The molecule has 0 aliphatic carbocycles. The third-order valence-electron chi connectivity index (χ3n) is 3.75. The molecule has 2 aromatic carbocycles. The van der Waals surface area contributed by atoms with Crippen molar-refractivity contribution in [1.82, 2.24) is 5.32 Å². The molecule has 0 spiro atoms. The summed E-state index contributed by atoms with van der Waals surface area (Å²) in [5.74, 6) is -0.341. The van der Waals surface area contributed by atoms with Crippen molar-refractivity contribution in [2.75, 3.05) is 30.5 Å². The Balaban J connectivity index is 1.81. The van der Waals surface area contributed by atoms with Gasteiger partial charge in [0.1, 0.15) is 11.8 Å². The van der Waals surface area contributed by atoms with Crippen LogP contribution in [0.25, 0.3) is 0 Å². The van der Waals surface area contributed by atoms with Gasteiger partial charge in [0.05, 0.1) is 0 Å². The third-order valence-corrected chi connectivity index (χ3v) is 4.39. The molecule has 2 rings (SSSR count). The molecule has 0 saturated carbocycles. The number of amides is 2. The van der Waals surface area contributed by atoms with E-state index in [2.05, 4.69) is 10.6 Å². The second-order valence-electron chi connectivity index (χ2n) is 6.03. The first-order chi connectivity index (χ1) is 14.1. The molecule has 0 fully saturated rings. The molecular weight excluding hydrogens is 392 g/mol. The number of carbonyl (C=O) groups is 3. The predicted molar refractivity (Wildman–Crippen MR) is 113 cm³/mol. The van der Waals surface area contributed by atoms with Gasteiger partial charge in [-0.15, -0.1) is 0 Å². The topological polar surface area (TPSA) is 93.7 Å². The molecule has 154 valence electrons. The minimum Gasteiger partial charge on any atom is -0.484 e. The molecule has 0 heterocycles. The maximum Gasteiger partial charge on any atom is 0.329 e. The van der Waals surface area contributed by atoms with Gasteiger partial charge in [-0.25, -0.2) is 4.79 Å². The van der Waals surface area contributed by atoms with E-state index in [4.69, 9.17) is 9.47 Å². The van der Waals surface area contributed by atoms with Gasteiger partial charge in [-0.2, -0.15) is 11.8 Å². The van der Waals surface area contributed by atoms with Gasteiger partial charge in [0.25, 0.3) is 11.8 Å². The van der Waals surface area contributed by atoms with Crippen molar-refractivity contribution in [2.24, 2.45) is 0 Å². The van der Waals surface area contributed by atoms with E-state index in [0.717, 1.165) is 0 Å². The van der Waals surface area contributed by atoms with Crippen molar-refractivity contribution in [3.63, 3.8) is 0 Å². The molecule has 0 aliphatic rings. The van der Waals surface area contributed by atoms with Gasteiger partial charge >= 0.3 is 5.97 Å². The summed E-state index contributed by atoms with van der Waals surface area (Å²) in [6, 6.07) is 16.9. The molecule has 0 radical (unpaired) electrons. The number of nitrogens with one attached hydrogen (secondary N) is 2. The van der Waals surface area contributed by atoms with E-state index in [1.165, 1.54) is 0 Å². The summed E-state index contributed by atoms with van der Waals surface area (Å²) < 4.78 is 10.5. The first-order valence-electron chi connectivity index (χ1n) is 9.06. The fourth-order valence-corrected chi connectivity index (χ4v) is 2.81. The lowest BCUT2D eigenvalue weighted by Gasteiger charge is -2.17. The fourth-order valence-electron chi connectivity index (χ4n) is 2.34. The molecule has 0 aliphatic heterocycles. The lowest BCUT2D eigenvalue weighted by atomic mass is 10.2. The number of carbonyl (C=O) groups excluding carboxylic acids is 3. The van der Waals surface area contributed by atoms with E-state index in [1.54, 1.807) is 60.3 Å². The third kappa shape index (κ3) is 8.69. The molecule has 8 heteroatoms. The van der Waals surface area contributed by atoms with Crippen molar-refractivity contribution in [1.29, 1.82) is 0 Å². The average molecular weight is 416 g/mol. The highest BCUT2D eigenvalue weighted by molar-refractivity contribution is 7.98. The molecule has 0 bridgehead atoms. The Bertz CT molecular complexity index is 786. The normalized spacial score (nSPS) is 11.2. The van der Waals surface area contributed by atoms with Crippen LogP contribution in [-0.2, 0) is 19.1 Å². The largest absolute Gasteiger partial charge is 0.484 e. The van der Waals surface area contributed by atoms with Gasteiger partial charge < -0.3 is 20.1 Å². The first kappa shape index (κ1) is 22.3. The number of benzene rings is 2. The number of para-hydroxylation sites is 2. The van der Waals surface area contributed by atoms with Gasteiger partial charge in [0.2, 0.25) is 0 Å². The molecule has 29 heavy (non-hydrogen) atoms. The summed E-state index contributed by atoms with van der Waals surface area (Å²) >= 11 is 1.54. The second kappa shape index (κ2) is 12.5. The zero-order valence-electron chi connectivity index (χ0n) is 16.1. The molecule has 2 amide bonds. The van der Waals surface area contributed by atoms with E-state index >= 15 is 0 Å². The van der Waals surface area contributed by atoms with Crippen LogP contribution in [0.15, 0.2) is 60.7 Å². The molecule has 7 nitrogen and oxygen atoms in total. The van der Waals surface area contributed by atoms with Crippen LogP contribution in [0.4, 0.5) is 5.69 Å². The number of ether oxygens (including phenoxy) is 2. The first-order valence-corrected chi connectivity index (χ1v) is 10.5. The van der Waals surface area contributed by atoms with Crippen molar-refractivity contribution in [3.8, 4) is 5.75 Å². The van der Waals surface area contributed by atoms with Crippen molar-refractivity contribution < 1.29 is 23.9 Å². The summed E-state index contributed by atoms with van der Waals surface area (Å²) in [6.07, 6.45) is 2.29. The highest BCUT2D eigenvalue weighted by Crippen LogP contribution is 2.09. The number of rotatable bonds is 11. The fraction of sp³-hybridized carbons (Fsp3) is 0.286. The number of hydrogen-bond acceptors (Lipinski definition) is 6. The van der Waals surface area contributed by atoms with Crippen molar-refractivity contribution in [2.45, 2.75) is 12.5 Å². The maximum absolute atomic E-state index is 12.3. The average Bonchev–Trinajstić information content (AvgIpc) is 2.75. The van der Waals surface area contributed by atoms with Gasteiger partial charge in [0.15, 0.2) is 13.2 Å². The molecule has 1 unspecified atom stereocenters. The van der Waals surface area contributed by atoms with Crippen LogP contribution in [0, 0.1) is 0 Å². The lowest BCUT2D eigenvalue weighted by molar-refractivity contribution is -0.150. The summed E-state index contributed by atoms with van der Waals surface area (Å²) in [5, 5.41) is 5.24. The number of hydrogen-bond donors (Lipinski definition) is 2. The summed E-state index contributed by atoms with van der Waals surface area (Å²) in [4.78, 5) is 36.4. The zero-order chi connectivity index (χ0) is 20.9. The highest BCUT2D eigenvalue weighted by atomic mass is 32.2. The lowest BCUT2D eigenvalue weighted by Crippen LogP contribution is -2.44. The van der Waals surface area contributed by atoms with E-state index in [1.807, 2.05) is 18.4 Å². The summed E-state index contributed by atoms with van der Waals surface area (Å²) in [7, 11) is 0. The van der Waals surface area contributed by atoms with Crippen molar-refractivity contribution in [3.05, 3.63) is 60.7 Å². The molecule has 1 atom stereocenters. The standard InChI is InChI=1S/C21H24N2O5S/c1-29-13-12-18(23-20(25)14-27-17-10-6-3-7-11-17)21(26)28-15-19(24)22-16-8-4-2-5-9-16/h2-11,18H,12-15H2,1H3,(H,22,24)(H,23,25). The van der Waals surface area contributed by atoms with Gasteiger partial charge in [-0.1, -0.05) is 36.4 Å². The SMILES string of the molecule is CSCCC(NC(=O)COc1ccccc1)C(=O)OCC(=O)Nc1ccccc1. The van der Waals surface area contributed by atoms with Crippen LogP contribution < -0.4 is 15.4 Å². The van der Waals surface area contributed by atoms with Crippen LogP contribution in [0.1, 0.15) is 6.42 Å². The van der Waals surface area contributed by atoms with Gasteiger partial charge in [-0.3, -0.25) is 9.59 Å². The Morgan fingerprint density at radius 1 is 0.931 bits per heavy atom. The van der Waals surface area contributed by atoms with Gasteiger partial charge in [-0.05, 0) is 42.7 Å². The van der Waals surface area contributed by atoms with E-state index in [-0.39, 0.29) is 6.61 Å². The summed E-state index contributed by atoms with van der Waals surface area (Å²) in [5.41, 5.74) is 0.610. The van der Waals surface area contributed by atoms with Crippen molar-refractivity contribution >= 4 is 35.2 Å². The number of anilines is 1. The highest BCUT2D eigenvalue weighted by Gasteiger charge is 2.23. The predicted octanol–water partition coefficient (Wildman–Crippen LogP) is 2.49. The number of esters is 1. The van der Waals surface area contributed by atoms with Crippen LogP contribution in [0.5, 0.6) is 5.75 Å². The van der Waals surface area contributed by atoms with E-state index in [9.17, 15) is 14.4 Å². The van der Waals surface area contributed by atoms with E-state index in [0.29, 0.717) is 23.6 Å². The molecule has 2 N–H and O–H groups in total. The molecule has 0 saturated heterocycles. The zero-order valence-corrected chi connectivity index (χ0v) is 16.9. The Morgan fingerprint density at radius 2 is 1.59 bits per heavy atom. The van der Waals surface area contributed by atoms with E-state index < -0.39 is 30.4 Å². The smallest absolute Gasteiger partial charge is 0.329 e. The van der Waals surface area contributed by atoms with Crippen LogP contribution in [-0.4, -0.2) is 49.0 Å². The quantitative estimate of drug-likeness (QED) is 0.547. The Kier molecular flexibility index (Phi) is 9.57. The van der Waals surface area contributed by atoms with Crippen LogP contribution >= 0.6 is 11.8 Å². The Hall–Kier alpha value is -3.00. The minimum absolute atomic E-state index is 0.221. The van der Waals surface area contributed by atoms with Gasteiger partial charge in [0, 0.05) is 5.69 Å². The Labute approximate surface area is 174 Å². The maximum atomic E-state index is 12.3. The molecular formula is C21H24N2O5S. The molecule has 2 aromatic rings. The minimum atomic E-state index is -0.848. The second-order valence-corrected chi connectivity index (χ2v) is 7.01. The summed E-state index contributed by atoms with van der Waals surface area (Å²) in [6.45, 7) is -0.651.